The van der Waals surface area contributed by atoms with Gasteiger partial charge in [-0.05, 0) is 50.1 Å². The molecule has 0 bridgehead atoms. The first-order valence-corrected chi connectivity index (χ1v) is 7.44. The average molecular weight is 304 g/mol. The third-order valence-corrected chi connectivity index (χ3v) is 4.62. The Morgan fingerprint density at radius 1 is 1.26 bits per heavy atom. The lowest BCUT2D eigenvalue weighted by molar-refractivity contribution is -0.0454. The first-order chi connectivity index (χ1) is 9.02. The molecule has 2 nitrogen and oxygen atoms in total. The van der Waals surface area contributed by atoms with Gasteiger partial charge in [0.25, 0.3) is 0 Å². The fourth-order valence-electron chi connectivity index (χ4n) is 2.64. The van der Waals surface area contributed by atoms with Crippen LogP contribution in [0.3, 0.4) is 0 Å². The van der Waals surface area contributed by atoms with Crippen LogP contribution in [0.5, 0.6) is 0 Å². The summed E-state index contributed by atoms with van der Waals surface area (Å²) in [6.07, 6.45) is 2.69. The average Bonchev–Trinajstić information content (AvgIpc) is 2.43. The van der Waals surface area contributed by atoms with Gasteiger partial charge in [0.1, 0.15) is 0 Å². The zero-order chi connectivity index (χ0) is 14.5. The van der Waals surface area contributed by atoms with Crippen LogP contribution in [0.1, 0.15) is 32.3 Å². The number of likely N-dealkylation sites (N-methyl/N-ethyl adjacent to an activating group) is 1. The van der Waals surface area contributed by atoms with E-state index < -0.39 is 0 Å². The van der Waals surface area contributed by atoms with Gasteiger partial charge in [-0.15, -0.1) is 0 Å². The van der Waals surface area contributed by atoms with Crippen molar-refractivity contribution >= 4 is 23.2 Å². The van der Waals surface area contributed by atoms with Crippen molar-refractivity contribution in [2.45, 2.75) is 44.8 Å². The number of rotatable bonds is 7. The molecule has 19 heavy (non-hydrogen) atoms. The quantitative estimate of drug-likeness (QED) is 0.809. The van der Waals surface area contributed by atoms with E-state index in [1.165, 1.54) is 0 Å². The Morgan fingerprint density at radius 3 is 2.37 bits per heavy atom. The summed E-state index contributed by atoms with van der Waals surface area (Å²) in [5, 5.41) is 4.83. The summed E-state index contributed by atoms with van der Waals surface area (Å²) in [5.74, 6) is 0. The minimum Gasteiger partial charge on any atom is -0.377 e. The molecular formula is C15H23Cl2NO. The minimum absolute atomic E-state index is 0.180. The second-order valence-corrected chi connectivity index (χ2v) is 5.60. The SMILES string of the molecule is CCC(CC)(OC)C(Cc1cc(Cl)ccc1Cl)NC. The third kappa shape index (κ3) is 3.85. The molecule has 0 aliphatic heterocycles. The Hall–Kier alpha value is -0.280. The highest BCUT2D eigenvalue weighted by atomic mass is 35.5. The van der Waals surface area contributed by atoms with E-state index in [1.54, 1.807) is 7.11 Å². The molecule has 4 heteroatoms. The Morgan fingerprint density at radius 2 is 1.89 bits per heavy atom. The van der Waals surface area contributed by atoms with Crippen LogP contribution in [0.4, 0.5) is 0 Å². The molecule has 0 saturated carbocycles. The molecule has 0 spiro atoms. The highest BCUT2D eigenvalue weighted by Crippen LogP contribution is 2.29. The molecule has 108 valence electrons. The van der Waals surface area contributed by atoms with Gasteiger partial charge in [-0.1, -0.05) is 37.0 Å². The Balaban J connectivity index is 3.01. The van der Waals surface area contributed by atoms with E-state index >= 15 is 0 Å². The van der Waals surface area contributed by atoms with E-state index in [9.17, 15) is 0 Å². The molecular weight excluding hydrogens is 281 g/mol. The molecule has 0 radical (unpaired) electrons. The molecule has 1 N–H and O–H groups in total. The summed E-state index contributed by atoms with van der Waals surface area (Å²) in [5.41, 5.74) is 0.872. The molecule has 0 aliphatic rings. The first kappa shape index (κ1) is 16.8. The van der Waals surface area contributed by atoms with E-state index in [0.717, 1.165) is 29.8 Å². The Kier molecular flexibility index (Phi) is 6.61. The van der Waals surface area contributed by atoms with Gasteiger partial charge in [0.05, 0.1) is 5.60 Å². The maximum absolute atomic E-state index is 6.25. The normalized spacial score (nSPS) is 13.6. The molecule has 0 fully saturated rings. The molecule has 0 aliphatic carbocycles. The van der Waals surface area contributed by atoms with Gasteiger partial charge in [0.2, 0.25) is 0 Å². The number of nitrogens with one attached hydrogen (secondary N) is 1. The summed E-state index contributed by atoms with van der Waals surface area (Å²) in [7, 11) is 3.74. The minimum atomic E-state index is -0.180. The summed E-state index contributed by atoms with van der Waals surface area (Å²) in [6, 6.07) is 5.78. The van der Waals surface area contributed by atoms with Crippen LogP contribution in [-0.4, -0.2) is 25.8 Å². The monoisotopic (exact) mass is 303 g/mol. The molecule has 0 aromatic heterocycles. The number of benzene rings is 1. The zero-order valence-corrected chi connectivity index (χ0v) is 13.6. The maximum Gasteiger partial charge on any atom is 0.0828 e. The van der Waals surface area contributed by atoms with E-state index in [1.807, 2.05) is 25.2 Å². The predicted octanol–water partition coefficient (Wildman–Crippen LogP) is 4.33. The number of hydrogen-bond donors (Lipinski definition) is 1. The zero-order valence-electron chi connectivity index (χ0n) is 12.1. The maximum atomic E-state index is 6.25. The van der Waals surface area contributed by atoms with Crippen molar-refractivity contribution < 1.29 is 4.74 Å². The Bertz CT molecular complexity index is 397. The van der Waals surface area contributed by atoms with Crippen molar-refractivity contribution in [2.24, 2.45) is 0 Å². The predicted molar refractivity (Wildman–Crippen MR) is 83.3 cm³/mol. The molecule has 0 heterocycles. The summed E-state index contributed by atoms with van der Waals surface area (Å²) in [6.45, 7) is 4.30. The highest BCUT2D eigenvalue weighted by Gasteiger charge is 2.35. The van der Waals surface area contributed by atoms with E-state index in [0.29, 0.717) is 5.02 Å². The molecule has 1 aromatic carbocycles. The molecule has 1 unspecified atom stereocenters. The van der Waals surface area contributed by atoms with E-state index in [4.69, 9.17) is 27.9 Å². The Labute approximate surface area is 126 Å². The number of hydrogen-bond acceptors (Lipinski definition) is 2. The number of methoxy groups -OCH3 is 1. The highest BCUT2D eigenvalue weighted by molar-refractivity contribution is 6.33. The summed E-state index contributed by atoms with van der Waals surface area (Å²) in [4.78, 5) is 0. The molecule has 1 rings (SSSR count). The van der Waals surface area contributed by atoms with Crippen molar-refractivity contribution in [2.75, 3.05) is 14.2 Å². The van der Waals surface area contributed by atoms with Gasteiger partial charge in [0, 0.05) is 23.2 Å². The second-order valence-electron chi connectivity index (χ2n) is 4.76. The number of halogens is 2. The van der Waals surface area contributed by atoms with Crippen LogP contribution in [0.15, 0.2) is 18.2 Å². The first-order valence-electron chi connectivity index (χ1n) is 6.69. The fourth-order valence-corrected chi connectivity index (χ4v) is 3.03. The molecule has 1 atom stereocenters. The van der Waals surface area contributed by atoms with Crippen LogP contribution in [0.2, 0.25) is 10.0 Å². The summed E-state index contributed by atoms with van der Waals surface area (Å²) < 4.78 is 5.79. The van der Waals surface area contributed by atoms with Crippen LogP contribution in [0, 0.1) is 0 Å². The lowest BCUT2D eigenvalue weighted by atomic mass is 9.84. The van der Waals surface area contributed by atoms with Crippen LogP contribution in [-0.2, 0) is 11.2 Å². The third-order valence-electron chi connectivity index (χ3n) is 4.02. The van der Waals surface area contributed by atoms with Crippen LogP contribution >= 0.6 is 23.2 Å². The molecule has 1 aromatic rings. The standard InChI is InChI=1S/C15H23Cl2NO/c1-5-15(6-2,19-4)14(18-3)10-11-9-12(16)7-8-13(11)17/h7-9,14,18H,5-6,10H2,1-4H3. The number of ether oxygens (including phenoxy) is 1. The van der Waals surface area contributed by atoms with Gasteiger partial charge in [-0.2, -0.15) is 0 Å². The van der Waals surface area contributed by atoms with Crippen molar-refractivity contribution in [3.05, 3.63) is 33.8 Å². The van der Waals surface area contributed by atoms with E-state index in [2.05, 4.69) is 19.2 Å². The second kappa shape index (κ2) is 7.49. The van der Waals surface area contributed by atoms with Gasteiger partial charge in [0.15, 0.2) is 0 Å². The van der Waals surface area contributed by atoms with E-state index in [-0.39, 0.29) is 11.6 Å². The fraction of sp³-hybridized carbons (Fsp3) is 0.600. The molecule has 0 amide bonds. The topological polar surface area (TPSA) is 21.3 Å². The lowest BCUT2D eigenvalue weighted by Gasteiger charge is -2.38. The smallest absolute Gasteiger partial charge is 0.0828 e. The van der Waals surface area contributed by atoms with Gasteiger partial charge in [-0.25, -0.2) is 0 Å². The van der Waals surface area contributed by atoms with Crippen molar-refractivity contribution in [1.82, 2.24) is 5.32 Å². The van der Waals surface area contributed by atoms with Crippen LogP contribution < -0.4 is 5.32 Å². The van der Waals surface area contributed by atoms with Crippen molar-refractivity contribution in [3.8, 4) is 0 Å². The van der Waals surface area contributed by atoms with Crippen molar-refractivity contribution in [1.29, 1.82) is 0 Å². The largest absolute Gasteiger partial charge is 0.377 e. The van der Waals surface area contributed by atoms with Crippen LogP contribution in [0.25, 0.3) is 0 Å². The van der Waals surface area contributed by atoms with Crippen molar-refractivity contribution in [3.63, 3.8) is 0 Å². The molecule has 0 saturated heterocycles. The lowest BCUT2D eigenvalue weighted by Crippen LogP contribution is -2.51. The van der Waals surface area contributed by atoms with Gasteiger partial charge >= 0.3 is 0 Å². The van der Waals surface area contributed by atoms with Gasteiger partial charge in [-0.3, -0.25) is 0 Å². The summed E-state index contributed by atoms with van der Waals surface area (Å²) >= 11 is 12.3. The van der Waals surface area contributed by atoms with Gasteiger partial charge < -0.3 is 10.1 Å².